The third kappa shape index (κ3) is 3.98. The molecule has 8 heteroatoms. The smallest absolute Gasteiger partial charge is 0.182 e. The van der Waals surface area contributed by atoms with Crippen molar-refractivity contribution in [3.05, 3.63) is 52.9 Å². The molecule has 1 unspecified atom stereocenters. The van der Waals surface area contributed by atoms with Crippen molar-refractivity contribution >= 4 is 22.8 Å². The number of aromatic amines is 1. The Labute approximate surface area is 192 Å². The highest BCUT2D eigenvalue weighted by atomic mass is 35.5. The van der Waals surface area contributed by atoms with E-state index in [2.05, 4.69) is 51.3 Å². The summed E-state index contributed by atoms with van der Waals surface area (Å²) in [5, 5.41) is 8.41. The molecule has 32 heavy (non-hydrogen) atoms. The van der Waals surface area contributed by atoms with E-state index in [1.807, 2.05) is 32.3 Å². The number of pyridine rings is 1. The molecule has 1 saturated heterocycles. The van der Waals surface area contributed by atoms with Crippen LogP contribution in [0.4, 0.5) is 0 Å². The highest BCUT2D eigenvalue weighted by Gasteiger charge is 2.28. The third-order valence-electron chi connectivity index (χ3n) is 6.12. The molecule has 1 atom stereocenters. The van der Waals surface area contributed by atoms with E-state index in [-0.39, 0.29) is 5.54 Å². The maximum Gasteiger partial charge on any atom is 0.182 e. The molecule has 1 fully saturated rings. The fourth-order valence-electron chi connectivity index (χ4n) is 4.56. The molecule has 1 aliphatic heterocycles. The van der Waals surface area contributed by atoms with Gasteiger partial charge >= 0.3 is 0 Å². The second kappa shape index (κ2) is 7.90. The topological polar surface area (TPSA) is 80.7 Å². The maximum atomic E-state index is 6.47. The number of benzene rings is 1. The Hall–Kier alpha value is -2.90. The van der Waals surface area contributed by atoms with Crippen molar-refractivity contribution in [3.8, 4) is 22.9 Å². The Kier molecular flexibility index (Phi) is 5.18. The number of halogens is 1. The van der Waals surface area contributed by atoms with Crippen molar-refractivity contribution in [2.75, 3.05) is 6.54 Å². The number of nitrogens with one attached hydrogen (secondary N) is 2. The zero-order chi connectivity index (χ0) is 22.5. The lowest BCUT2D eigenvalue weighted by molar-refractivity contribution is 0.275. The van der Waals surface area contributed by atoms with Crippen LogP contribution in [0.15, 0.2) is 36.7 Å². The first kappa shape index (κ1) is 21.0. The summed E-state index contributed by atoms with van der Waals surface area (Å²) in [6.45, 7) is 7.52. The van der Waals surface area contributed by atoms with E-state index < -0.39 is 0 Å². The largest absolute Gasteiger partial charge is 0.453 e. The Bertz CT molecular complexity index is 1270. The van der Waals surface area contributed by atoms with Gasteiger partial charge in [-0.05, 0) is 63.8 Å². The first-order chi connectivity index (χ1) is 15.3. The molecule has 5 rings (SSSR count). The maximum absolute atomic E-state index is 6.47. The molecule has 0 bridgehead atoms. The highest BCUT2D eigenvalue weighted by molar-refractivity contribution is 6.32. The van der Waals surface area contributed by atoms with E-state index in [0.29, 0.717) is 33.7 Å². The number of piperidine rings is 1. The first-order valence-electron chi connectivity index (χ1n) is 10.9. The summed E-state index contributed by atoms with van der Waals surface area (Å²) in [4.78, 5) is 12.3. The van der Waals surface area contributed by atoms with Gasteiger partial charge in [0.2, 0.25) is 0 Å². The summed E-state index contributed by atoms with van der Waals surface area (Å²) >= 11 is 6.47. The molecule has 166 valence electrons. The molecule has 0 amide bonds. The van der Waals surface area contributed by atoms with Crippen molar-refractivity contribution in [1.29, 1.82) is 0 Å². The molecule has 0 radical (unpaired) electrons. The SMILES string of the molecule is Cc1nn(C)cc1-c1nc2ncc(Cl)c(Oc3ccc(C4CCNC(C)(C)C4)cc3)c2[nH]1. The predicted molar refractivity (Wildman–Crippen MR) is 126 cm³/mol. The van der Waals surface area contributed by atoms with Gasteiger partial charge in [-0.1, -0.05) is 23.7 Å². The van der Waals surface area contributed by atoms with E-state index in [4.69, 9.17) is 16.3 Å². The van der Waals surface area contributed by atoms with Crippen molar-refractivity contribution < 1.29 is 4.74 Å². The summed E-state index contributed by atoms with van der Waals surface area (Å²) < 4.78 is 7.98. The first-order valence-corrected chi connectivity index (χ1v) is 11.2. The summed E-state index contributed by atoms with van der Waals surface area (Å²) in [5.41, 5.74) is 4.53. The molecule has 7 nitrogen and oxygen atoms in total. The summed E-state index contributed by atoms with van der Waals surface area (Å²) in [5.74, 6) is 2.49. The molecule has 1 aromatic carbocycles. The average molecular weight is 451 g/mol. The Morgan fingerprint density at radius 2 is 2.00 bits per heavy atom. The molecular formula is C24H27ClN6O. The van der Waals surface area contributed by atoms with Gasteiger partial charge in [0.1, 0.15) is 22.1 Å². The van der Waals surface area contributed by atoms with Crippen LogP contribution in [0.2, 0.25) is 5.02 Å². The number of nitrogens with zero attached hydrogens (tertiary/aromatic N) is 4. The number of H-pyrrole nitrogens is 1. The van der Waals surface area contributed by atoms with Crippen molar-refractivity contribution in [2.45, 2.75) is 45.1 Å². The van der Waals surface area contributed by atoms with Gasteiger partial charge in [-0.3, -0.25) is 4.68 Å². The lowest BCUT2D eigenvalue weighted by atomic mass is 9.81. The molecule has 0 saturated carbocycles. The van der Waals surface area contributed by atoms with Crippen LogP contribution in [0.5, 0.6) is 11.5 Å². The molecule has 1 aliphatic rings. The standard InChI is InChI=1S/C24H27ClN6O/c1-14-18(13-31(4)30-14)22-28-20-21(19(25)12-26-23(20)29-22)32-17-7-5-15(6-8-17)16-9-10-27-24(2,3)11-16/h5-8,12-13,16,27H,9-11H2,1-4H3,(H,26,28,29). The molecular weight excluding hydrogens is 424 g/mol. The fraction of sp³-hybridized carbons (Fsp3) is 0.375. The zero-order valence-corrected chi connectivity index (χ0v) is 19.5. The minimum absolute atomic E-state index is 0.166. The zero-order valence-electron chi connectivity index (χ0n) is 18.7. The quantitative estimate of drug-likeness (QED) is 0.437. The van der Waals surface area contributed by atoms with Gasteiger partial charge in [-0.15, -0.1) is 0 Å². The molecule has 3 aromatic heterocycles. The summed E-state index contributed by atoms with van der Waals surface area (Å²) in [6.07, 6.45) is 5.77. The van der Waals surface area contributed by atoms with E-state index in [1.165, 1.54) is 5.56 Å². The second-order valence-corrected chi connectivity index (χ2v) is 9.60. The van der Waals surface area contributed by atoms with Crippen molar-refractivity contribution in [2.24, 2.45) is 7.05 Å². The third-order valence-corrected chi connectivity index (χ3v) is 6.39. The highest BCUT2D eigenvalue weighted by Crippen LogP contribution is 2.37. The molecule has 4 aromatic rings. The van der Waals surface area contributed by atoms with Crippen LogP contribution >= 0.6 is 11.6 Å². The monoisotopic (exact) mass is 450 g/mol. The van der Waals surface area contributed by atoms with Gasteiger partial charge in [0, 0.05) is 18.8 Å². The number of aromatic nitrogens is 5. The molecule has 4 heterocycles. The van der Waals surface area contributed by atoms with E-state index in [9.17, 15) is 0 Å². The number of fused-ring (bicyclic) bond motifs is 1. The lowest BCUT2D eigenvalue weighted by Gasteiger charge is -2.36. The van der Waals surface area contributed by atoms with Crippen LogP contribution in [-0.2, 0) is 7.05 Å². The molecule has 0 aliphatic carbocycles. The summed E-state index contributed by atoms with van der Waals surface area (Å²) in [6, 6.07) is 8.33. The van der Waals surface area contributed by atoms with Gasteiger partial charge in [0.05, 0.1) is 17.5 Å². The normalized spacial score (nSPS) is 18.2. The number of aryl methyl sites for hydroxylation is 2. The fourth-order valence-corrected chi connectivity index (χ4v) is 4.74. The van der Waals surface area contributed by atoms with Crippen LogP contribution in [0.3, 0.4) is 0 Å². The average Bonchev–Trinajstić information content (AvgIpc) is 3.32. The van der Waals surface area contributed by atoms with Crippen LogP contribution in [0.25, 0.3) is 22.6 Å². The lowest BCUT2D eigenvalue weighted by Crippen LogP contribution is -2.45. The summed E-state index contributed by atoms with van der Waals surface area (Å²) in [7, 11) is 1.89. The van der Waals surface area contributed by atoms with Gasteiger partial charge < -0.3 is 15.0 Å². The number of imidazole rings is 1. The van der Waals surface area contributed by atoms with Crippen LogP contribution in [-0.4, -0.2) is 36.8 Å². The van der Waals surface area contributed by atoms with Gasteiger partial charge in [-0.25, -0.2) is 9.97 Å². The number of ether oxygens (including phenoxy) is 1. The van der Waals surface area contributed by atoms with Crippen LogP contribution in [0, 0.1) is 6.92 Å². The second-order valence-electron chi connectivity index (χ2n) is 9.19. The van der Waals surface area contributed by atoms with Crippen LogP contribution < -0.4 is 10.1 Å². The Balaban J connectivity index is 1.43. The number of rotatable bonds is 4. The van der Waals surface area contributed by atoms with Crippen LogP contribution in [0.1, 0.15) is 43.9 Å². The van der Waals surface area contributed by atoms with Gasteiger partial charge in [0.25, 0.3) is 0 Å². The number of hydrogen-bond acceptors (Lipinski definition) is 5. The van der Waals surface area contributed by atoms with Gasteiger partial charge in [-0.2, -0.15) is 5.10 Å². The predicted octanol–water partition coefficient (Wildman–Crippen LogP) is 5.36. The molecule has 2 N–H and O–H groups in total. The number of hydrogen-bond donors (Lipinski definition) is 2. The Morgan fingerprint density at radius 1 is 1.22 bits per heavy atom. The minimum atomic E-state index is 0.166. The van der Waals surface area contributed by atoms with Crippen molar-refractivity contribution in [3.63, 3.8) is 0 Å². The van der Waals surface area contributed by atoms with Gasteiger partial charge in [0.15, 0.2) is 11.4 Å². The van der Waals surface area contributed by atoms with E-state index >= 15 is 0 Å². The molecule has 0 spiro atoms. The Morgan fingerprint density at radius 3 is 2.69 bits per heavy atom. The van der Waals surface area contributed by atoms with E-state index in [0.717, 1.165) is 36.4 Å². The minimum Gasteiger partial charge on any atom is -0.453 e. The van der Waals surface area contributed by atoms with Crippen molar-refractivity contribution in [1.82, 2.24) is 30.0 Å². The van der Waals surface area contributed by atoms with E-state index in [1.54, 1.807) is 10.9 Å².